The Morgan fingerprint density at radius 1 is 0.548 bits per heavy atom. The molecule has 2 aromatic heterocycles. The predicted octanol–water partition coefficient (Wildman–Crippen LogP) is 15.1. The number of hydrogen-bond acceptors (Lipinski definition) is 2. The van der Waals surface area contributed by atoms with Gasteiger partial charge in [0.05, 0.1) is 11.9 Å². The first-order chi connectivity index (χ1) is 28.7. The van der Waals surface area contributed by atoms with Crippen LogP contribution >= 0.6 is 0 Å². The molecular formula is C58H63N2OPt+. The molecule has 5 aromatic carbocycles. The van der Waals surface area contributed by atoms with Crippen LogP contribution in [0.5, 0.6) is 5.75 Å². The van der Waals surface area contributed by atoms with E-state index in [0.29, 0.717) is 0 Å². The Hall–Kier alpha value is -5.11. The van der Waals surface area contributed by atoms with Crippen LogP contribution in [-0.4, -0.2) is 10.1 Å². The first kappa shape index (κ1) is 46.4. The largest absolute Gasteiger partial charge is 2.00 e. The monoisotopic (exact) mass is 998 g/mol. The molecule has 0 saturated heterocycles. The fourth-order valence-corrected chi connectivity index (χ4v) is 8.14. The van der Waals surface area contributed by atoms with Crippen molar-refractivity contribution in [2.45, 2.75) is 118 Å². The third-order valence-corrected chi connectivity index (χ3v) is 11.8. The van der Waals surface area contributed by atoms with E-state index in [1.807, 2.05) is 12.1 Å². The van der Waals surface area contributed by atoms with Crippen LogP contribution in [0.15, 0.2) is 128 Å². The summed E-state index contributed by atoms with van der Waals surface area (Å²) in [5, 5.41) is 12.3. The maximum absolute atomic E-state index is 12.3. The summed E-state index contributed by atoms with van der Waals surface area (Å²) in [6.07, 6.45) is 5.60. The maximum atomic E-state index is 12.3. The van der Waals surface area contributed by atoms with Gasteiger partial charge in [0.1, 0.15) is 5.75 Å². The molecule has 0 bridgehead atoms. The third-order valence-electron chi connectivity index (χ3n) is 11.8. The second-order valence-electron chi connectivity index (χ2n) is 20.5. The second-order valence-corrected chi connectivity index (χ2v) is 20.5. The van der Waals surface area contributed by atoms with Crippen LogP contribution < -0.4 is 4.57 Å². The van der Waals surface area contributed by atoms with Gasteiger partial charge < -0.3 is 9.67 Å². The van der Waals surface area contributed by atoms with E-state index in [1.54, 1.807) is 0 Å². The van der Waals surface area contributed by atoms with Crippen molar-refractivity contribution in [1.82, 2.24) is 4.98 Å². The van der Waals surface area contributed by atoms with Gasteiger partial charge in [-0.2, -0.15) is 0 Å². The number of aromatic nitrogens is 2. The summed E-state index contributed by atoms with van der Waals surface area (Å²) in [6.45, 7) is 29.1. The van der Waals surface area contributed by atoms with Gasteiger partial charge in [-0.05, 0) is 96.0 Å². The summed E-state index contributed by atoms with van der Waals surface area (Å²) in [7, 11) is 0. The Balaban J connectivity index is 0.00000641. The smallest absolute Gasteiger partial charge is 0.507 e. The van der Waals surface area contributed by atoms with E-state index in [0.717, 1.165) is 56.0 Å². The second kappa shape index (κ2) is 17.9. The van der Waals surface area contributed by atoms with Gasteiger partial charge in [0, 0.05) is 16.8 Å². The van der Waals surface area contributed by atoms with Gasteiger partial charge in [-0.1, -0.05) is 181 Å². The first-order valence-corrected chi connectivity index (χ1v) is 21.9. The molecule has 7 aromatic rings. The molecule has 0 atom stereocenters. The Bertz CT molecular complexity index is 2660. The topological polar surface area (TPSA) is 37.0 Å². The van der Waals surface area contributed by atoms with Crippen LogP contribution in [0.25, 0.3) is 61.6 Å². The summed E-state index contributed by atoms with van der Waals surface area (Å²) in [6, 6.07) is 47.1. The average Bonchev–Trinajstić information content (AvgIpc) is 3.22. The van der Waals surface area contributed by atoms with Crippen molar-refractivity contribution in [2.24, 2.45) is 0 Å². The van der Waals surface area contributed by atoms with Crippen molar-refractivity contribution in [1.29, 1.82) is 0 Å². The van der Waals surface area contributed by atoms with Crippen LogP contribution in [0, 0.1) is 12.3 Å². The number of phenolic OH excluding ortho intramolecular Hbond substituents is 1. The molecule has 0 fully saturated rings. The minimum atomic E-state index is -0.296. The molecule has 0 aliphatic rings. The van der Waals surface area contributed by atoms with Crippen LogP contribution in [0.2, 0.25) is 0 Å². The molecule has 0 aliphatic carbocycles. The molecular weight excluding hydrogens is 936 g/mol. The molecule has 0 saturated carbocycles. The third kappa shape index (κ3) is 9.90. The SMILES string of the molecule is CC(C)c1cc(-c2ccccc2)cc(C(C)C)c1-c1cc(-c2[c-]c(-[n+]3[c-]ccc(-c4ccccc4)c3)cc(C(C)(C)C)c2)nc(-c2cc(C(C)(C)C)cc(C(C)(C)C)c2O)c1.[Pt+2]. The summed E-state index contributed by atoms with van der Waals surface area (Å²) < 4.78 is 2.05. The van der Waals surface area contributed by atoms with Gasteiger partial charge in [0.25, 0.3) is 0 Å². The molecule has 0 spiro atoms. The van der Waals surface area contributed by atoms with E-state index in [2.05, 4.69) is 222 Å². The molecule has 0 unspecified atom stereocenters. The standard InChI is InChI=1S/C58H63N2O.Pt/c1-37(2)48-29-42(40-23-18-15-19-24-40)30-49(38(3)4)54(48)44-31-52(59-53(32-44)50-34-46(57(8,9)10)35-51(55(50)61)58(11,12)13)43-27-45(56(5,6)7)33-47(28-43)60-26-20-25-41(36-60)39-21-16-14-17-22-39;/h14-25,27,29-38,61H,1-13H3;/q-1;+2. The van der Waals surface area contributed by atoms with Crippen molar-refractivity contribution < 1.29 is 30.7 Å². The molecule has 4 heteroatoms. The van der Waals surface area contributed by atoms with Gasteiger partial charge in [-0.3, -0.25) is 4.98 Å². The molecule has 3 nitrogen and oxygen atoms in total. The van der Waals surface area contributed by atoms with Gasteiger partial charge in [-0.25, -0.2) is 0 Å². The Kier molecular flexibility index (Phi) is 13.4. The van der Waals surface area contributed by atoms with Gasteiger partial charge in [0.15, 0.2) is 6.20 Å². The molecule has 320 valence electrons. The van der Waals surface area contributed by atoms with Crippen LogP contribution in [0.4, 0.5) is 0 Å². The molecule has 0 radical (unpaired) electrons. The Morgan fingerprint density at radius 2 is 1.08 bits per heavy atom. The predicted molar refractivity (Wildman–Crippen MR) is 257 cm³/mol. The quantitative estimate of drug-likeness (QED) is 0.122. The number of phenols is 1. The number of benzene rings is 5. The number of pyridine rings is 2. The minimum absolute atomic E-state index is 0. The zero-order chi connectivity index (χ0) is 44.0. The van der Waals surface area contributed by atoms with Crippen molar-refractivity contribution in [3.63, 3.8) is 0 Å². The fraction of sp³-hybridized carbons (Fsp3) is 0.310. The summed E-state index contributed by atoms with van der Waals surface area (Å²) >= 11 is 0. The molecule has 0 amide bonds. The Morgan fingerprint density at radius 3 is 1.61 bits per heavy atom. The first-order valence-electron chi connectivity index (χ1n) is 21.9. The normalized spacial score (nSPS) is 12.2. The summed E-state index contributed by atoms with van der Waals surface area (Å²) in [5.74, 6) is 0.764. The molecule has 7 rings (SSSR count). The van der Waals surface area contributed by atoms with Crippen molar-refractivity contribution in [3.8, 4) is 67.3 Å². The minimum Gasteiger partial charge on any atom is -0.507 e. The van der Waals surface area contributed by atoms with E-state index in [9.17, 15) is 5.11 Å². The number of nitrogens with zero attached hydrogens (tertiary/aromatic N) is 2. The van der Waals surface area contributed by atoms with E-state index in [1.165, 1.54) is 33.4 Å². The molecule has 1 N–H and O–H groups in total. The van der Waals surface area contributed by atoms with Crippen molar-refractivity contribution >= 4 is 0 Å². The molecule has 0 aliphatic heterocycles. The molecule has 2 heterocycles. The van der Waals surface area contributed by atoms with Gasteiger partial charge >= 0.3 is 21.1 Å². The number of aromatic hydroxyl groups is 1. The zero-order valence-electron chi connectivity index (χ0n) is 38.9. The summed E-state index contributed by atoms with van der Waals surface area (Å²) in [4.78, 5) is 5.53. The van der Waals surface area contributed by atoms with E-state index < -0.39 is 0 Å². The fourth-order valence-electron chi connectivity index (χ4n) is 8.14. The van der Waals surface area contributed by atoms with Gasteiger partial charge in [0.2, 0.25) is 0 Å². The number of rotatable bonds is 8. The van der Waals surface area contributed by atoms with E-state index in [-0.39, 0.29) is 54.9 Å². The zero-order valence-corrected chi connectivity index (χ0v) is 41.2. The number of hydrogen-bond donors (Lipinski definition) is 1. The van der Waals surface area contributed by atoms with Crippen molar-refractivity contribution in [3.05, 3.63) is 168 Å². The molecule has 62 heavy (non-hydrogen) atoms. The van der Waals surface area contributed by atoms with Crippen LogP contribution in [-0.2, 0) is 37.3 Å². The Labute approximate surface area is 386 Å². The van der Waals surface area contributed by atoms with Crippen molar-refractivity contribution in [2.75, 3.05) is 0 Å². The van der Waals surface area contributed by atoms with E-state index >= 15 is 0 Å². The van der Waals surface area contributed by atoms with Crippen LogP contribution in [0.1, 0.15) is 130 Å². The maximum Gasteiger partial charge on any atom is 2.00 e. The van der Waals surface area contributed by atoms with Crippen LogP contribution in [0.3, 0.4) is 0 Å². The summed E-state index contributed by atoms with van der Waals surface area (Å²) in [5.41, 5.74) is 16.2. The van der Waals surface area contributed by atoms with Gasteiger partial charge in [-0.15, -0.1) is 35.4 Å². The van der Waals surface area contributed by atoms with E-state index in [4.69, 9.17) is 4.98 Å². The average molecular weight is 999 g/mol.